The zero-order valence-electron chi connectivity index (χ0n) is 32.0. The van der Waals surface area contributed by atoms with Crippen LogP contribution in [0.4, 0.5) is 0 Å². The van der Waals surface area contributed by atoms with E-state index in [2.05, 4.69) is 20.5 Å². The quantitative estimate of drug-likeness (QED) is 0.125. The molecule has 7 rings (SSSR count). The summed E-state index contributed by atoms with van der Waals surface area (Å²) in [5, 5.41) is 6.48. The molecule has 2 fully saturated rings. The Morgan fingerprint density at radius 2 is 1.70 bits per heavy atom. The van der Waals surface area contributed by atoms with Crippen LogP contribution in [0.2, 0.25) is 0 Å². The number of pyridine rings is 2. The molecule has 0 aliphatic carbocycles. The zero-order valence-corrected chi connectivity index (χ0v) is 32.0. The van der Waals surface area contributed by atoms with Gasteiger partial charge in [-0.1, -0.05) is 6.07 Å². The SMILES string of the molecule is COc1cc(-c2cn(C)c(=O)c3cnccc23)cc(OC)c1CN1CC(CCNC(=O)CCOCCOc2cccc3c2C(=O)N(C2CCC(=O)NC2=O)C3=O)C1. The number of carbonyl (C=O) groups is 5. The molecule has 3 aliphatic heterocycles. The zero-order chi connectivity index (χ0) is 40.2. The monoisotopic (exact) mass is 780 g/mol. The number of imide groups is 2. The highest BCUT2D eigenvalue weighted by atomic mass is 16.5. The molecule has 0 spiro atoms. The number of benzene rings is 2. The van der Waals surface area contributed by atoms with E-state index < -0.39 is 29.7 Å². The van der Waals surface area contributed by atoms with Gasteiger partial charge in [-0.05, 0) is 60.0 Å². The number of rotatable bonds is 16. The van der Waals surface area contributed by atoms with Gasteiger partial charge in [0.05, 0.1) is 49.5 Å². The molecule has 2 saturated heterocycles. The highest BCUT2D eigenvalue weighted by molar-refractivity contribution is 6.24. The molecule has 16 heteroatoms. The topological polar surface area (TPSA) is 188 Å². The maximum Gasteiger partial charge on any atom is 0.266 e. The first-order valence-corrected chi connectivity index (χ1v) is 18.8. The van der Waals surface area contributed by atoms with Gasteiger partial charge < -0.3 is 28.8 Å². The molecular weight excluding hydrogens is 736 g/mol. The van der Waals surface area contributed by atoms with E-state index in [0.29, 0.717) is 35.9 Å². The summed E-state index contributed by atoms with van der Waals surface area (Å²) in [6, 6.07) is 9.37. The number of fused-ring (bicyclic) bond motifs is 2. The van der Waals surface area contributed by atoms with Crippen LogP contribution in [0.5, 0.6) is 17.2 Å². The number of nitrogens with zero attached hydrogens (tertiary/aromatic N) is 4. The fourth-order valence-corrected chi connectivity index (χ4v) is 7.63. The van der Waals surface area contributed by atoms with Crippen molar-refractivity contribution in [1.29, 1.82) is 0 Å². The first-order chi connectivity index (χ1) is 27.6. The molecule has 16 nitrogen and oxygen atoms in total. The van der Waals surface area contributed by atoms with Crippen LogP contribution in [-0.2, 0) is 32.7 Å². The van der Waals surface area contributed by atoms with Crippen molar-refractivity contribution in [3.8, 4) is 28.4 Å². The van der Waals surface area contributed by atoms with Crippen LogP contribution in [-0.4, -0.2) is 109 Å². The lowest BCUT2D eigenvalue weighted by atomic mass is 9.94. The lowest BCUT2D eigenvalue weighted by Crippen LogP contribution is -2.54. The molecule has 57 heavy (non-hydrogen) atoms. The van der Waals surface area contributed by atoms with Gasteiger partial charge in [0.15, 0.2) is 0 Å². The molecule has 1 atom stereocenters. The number of amides is 5. The van der Waals surface area contributed by atoms with Gasteiger partial charge in [0.25, 0.3) is 17.4 Å². The molecule has 4 aromatic rings. The van der Waals surface area contributed by atoms with Gasteiger partial charge in [-0.15, -0.1) is 0 Å². The van der Waals surface area contributed by atoms with Crippen LogP contribution < -0.4 is 30.4 Å². The van der Waals surface area contributed by atoms with Crippen molar-refractivity contribution in [2.45, 2.75) is 38.3 Å². The van der Waals surface area contributed by atoms with E-state index in [1.54, 1.807) is 50.4 Å². The Bertz CT molecular complexity index is 2280. The molecular formula is C41H44N6O10. The number of methoxy groups -OCH3 is 2. The Balaban J connectivity index is 0.818. The number of carbonyl (C=O) groups excluding carboxylic acids is 5. The third kappa shape index (κ3) is 8.09. The maximum atomic E-state index is 13.2. The largest absolute Gasteiger partial charge is 0.496 e. The predicted molar refractivity (Wildman–Crippen MR) is 206 cm³/mol. The fraction of sp³-hybridized carbons (Fsp3) is 0.390. The fourth-order valence-electron chi connectivity index (χ4n) is 7.63. The lowest BCUT2D eigenvalue weighted by Gasteiger charge is -2.40. The number of ether oxygens (including phenoxy) is 4. The molecule has 2 N–H and O–H groups in total. The van der Waals surface area contributed by atoms with E-state index in [0.717, 1.165) is 46.5 Å². The molecule has 2 aromatic carbocycles. The third-order valence-corrected chi connectivity index (χ3v) is 10.6. The smallest absolute Gasteiger partial charge is 0.266 e. The van der Waals surface area contributed by atoms with Crippen molar-refractivity contribution >= 4 is 40.3 Å². The van der Waals surface area contributed by atoms with Crippen molar-refractivity contribution in [3.05, 3.63) is 82.0 Å². The molecule has 0 bridgehead atoms. The van der Waals surface area contributed by atoms with Crippen molar-refractivity contribution in [3.63, 3.8) is 0 Å². The van der Waals surface area contributed by atoms with Crippen LogP contribution in [0.3, 0.4) is 0 Å². The van der Waals surface area contributed by atoms with E-state index >= 15 is 0 Å². The van der Waals surface area contributed by atoms with Gasteiger partial charge in [-0.3, -0.25) is 48.9 Å². The number of hydrogen-bond donors (Lipinski definition) is 2. The molecule has 5 amide bonds. The van der Waals surface area contributed by atoms with Gasteiger partial charge in [0.1, 0.15) is 29.9 Å². The van der Waals surface area contributed by atoms with Gasteiger partial charge in [-0.25, -0.2) is 0 Å². The normalized spacial score (nSPS) is 17.0. The second kappa shape index (κ2) is 16.9. The van der Waals surface area contributed by atoms with E-state index in [1.807, 2.05) is 24.4 Å². The van der Waals surface area contributed by atoms with Crippen molar-refractivity contribution in [1.82, 2.24) is 30.0 Å². The summed E-state index contributed by atoms with van der Waals surface area (Å²) in [6.07, 6.45) is 6.18. The minimum Gasteiger partial charge on any atom is -0.496 e. The summed E-state index contributed by atoms with van der Waals surface area (Å²) in [6.45, 7) is 3.31. The van der Waals surface area contributed by atoms with Crippen molar-refractivity contribution in [2.24, 2.45) is 13.0 Å². The van der Waals surface area contributed by atoms with Crippen LogP contribution in [0.1, 0.15) is 52.0 Å². The number of piperidine rings is 1. The van der Waals surface area contributed by atoms with Gasteiger partial charge >= 0.3 is 0 Å². The third-order valence-electron chi connectivity index (χ3n) is 10.6. The van der Waals surface area contributed by atoms with Gasteiger partial charge in [0, 0.05) is 70.2 Å². The van der Waals surface area contributed by atoms with Crippen LogP contribution in [0, 0.1) is 5.92 Å². The molecule has 3 aliphatic rings. The predicted octanol–water partition coefficient (Wildman–Crippen LogP) is 2.44. The summed E-state index contributed by atoms with van der Waals surface area (Å²) in [5.74, 6) is -0.492. The number of hydrogen-bond acceptors (Lipinski definition) is 12. The van der Waals surface area contributed by atoms with E-state index in [9.17, 15) is 28.8 Å². The summed E-state index contributed by atoms with van der Waals surface area (Å²) in [4.78, 5) is 82.7. The Morgan fingerprint density at radius 3 is 2.44 bits per heavy atom. The highest BCUT2D eigenvalue weighted by Crippen LogP contribution is 2.39. The Kier molecular flexibility index (Phi) is 11.6. The Labute approximate surface area is 328 Å². The summed E-state index contributed by atoms with van der Waals surface area (Å²) < 4.78 is 24.6. The van der Waals surface area contributed by atoms with Gasteiger partial charge in [0.2, 0.25) is 17.7 Å². The summed E-state index contributed by atoms with van der Waals surface area (Å²) in [7, 11) is 4.99. The molecule has 1 unspecified atom stereocenters. The van der Waals surface area contributed by atoms with Gasteiger partial charge in [-0.2, -0.15) is 0 Å². The second-order valence-electron chi connectivity index (χ2n) is 14.3. The van der Waals surface area contributed by atoms with Crippen LogP contribution in [0.25, 0.3) is 21.9 Å². The molecule has 0 radical (unpaired) electrons. The van der Waals surface area contributed by atoms with E-state index in [1.165, 1.54) is 6.07 Å². The summed E-state index contributed by atoms with van der Waals surface area (Å²) >= 11 is 0. The average molecular weight is 781 g/mol. The number of aromatic nitrogens is 2. The molecule has 0 saturated carbocycles. The Morgan fingerprint density at radius 1 is 0.930 bits per heavy atom. The highest BCUT2D eigenvalue weighted by Gasteiger charge is 2.46. The average Bonchev–Trinajstić information content (AvgIpc) is 3.45. The van der Waals surface area contributed by atoms with Crippen molar-refractivity contribution in [2.75, 3.05) is 53.7 Å². The summed E-state index contributed by atoms with van der Waals surface area (Å²) in [5.41, 5.74) is 2.76. The molecule has 298 valence electrons. The second-order valence-corrected chi connectivity index (χ2v) is 14.3. The van der Waals surface area contributed by atoms with Crippen molar-refractivity contribution < 1.29 is 42.9 Å². The number of likely N-dealkylation sites (tertiary alicyclic amines) is 1. The lowest BCUT2D eigenvalue weighted by molar-refractivity contribution is -0.136. The van der Waals surface area contributed by atoms with E-state index in [4.69, 9.17) is 18.9 Å². The Hall–Kier alpha value is -6.13. The first-order valence-electron chi connectivity index (χ1n) is 18.8. The minimum atomic E-state index is -1.06. The standard InChI is InChI=1S/C41H44N6O10/c1-45-22-29(26-10-12-42-19-28(26)39(45)51)25-17-33(54-2)30(34(18-25)55-3)23-46-20-24(21-46)9-13-43-35(48)11-14-56-15-16-57-32-6-4-5-27-37(32)41(53)47(40(27)52)31-7-8-36(49)44-38(31)50/h4-6,10,12,17-19,22,24,31H,7-9,11,13-16,20-21,23H2,1-3H3,(H,43,48)(H,44,49,50). The first kappa shape index (κ1) is 39.1. The number of aryl methyl sites for hydroxylation is 1. The maximum absolute atomic E-state index is 13.2. The molecule has 2 aromatic heterocycles. The van der Waals surface area contributed by atoms with Crippen LogP contribution in [0.15, 0.2) is 59.8 Å². The minimum absolute atomic E-state index is 0.0334. The van der Waals surface area contributed by atoms with E-state index in [-0.39, 0.29) is 67.4 Å². The van der Waals surface area contributed by atoms with Crippen LogP contribution >= 0.6 is 0 Å². The molecule has 5 heterocycles. The number of nitrogens with one attached hydrogen (secondary N) is 2.